The van der Waals surface area contributed by atoms with Gasteiger partial charge in [-0.15, -0.1) is 0 Å². The van der Waals surface area contributed by atoms with Crippen molar-refractivity contribution >= 4 is 16.8 Å². The van der Waals surface area contributed by atoms with Crippen LogP contribution in [0.4, 0.5) is 0 Å². The monoisotopic (exact) mass is 420 g/mol. The van der Waals surface area contributed by atoms with Crippen LogP contribution in [0.1, 0.15) is 42.5 Å². The highest BCUT2D eigenvalue weighted by molar-refractivity contribution is 6.07. The molecule has 0 spiro atoms. The van der Waals surface area contributed by atoms with Crippen LogP contribution < -0.4 is 0 Å². The van der Waals surface area contributed by atoms with Crippen LogP contribution in [0.15, 0.2) is 84.9 Å². The Labute approximate surface area is 189 Å². The standard InChI is InChI=1S/C29H28N2O/c1-31(24-12-6-3-7-13-24)29(32)26-20-28(30-27-15-9-8-14-25(26)27)23-18-16-22(17-19-23)21-10-4-2-5-11-21/h2,4-5,8-11,14-20,24H,3,6-7,12-13H2,1H3. The molecule has 32 heavy (non-hydrogen) atoms. The Morgan fingerprint density at radius 3 is 2.16 bits per heavy atom. The molecule has 160 valence electrons. The van der Waals surface area contributed by atoms with Gasteiger partial charge in [0.25, 0.3) is 5.91 Å². The normalized spacial score (nSPS) is 14.4. The van der Waals surface area contributed by atoms with E-state index in [9.17, 15) is 4.79 Å². The number of nitrogens with zero attached hydrogens (tertiary/aromatic N) is 2. The average Bonchev–Trinajstić information content (AvgIpc) is 2.88. The molecule has 0 saturated heterocycles. The van der Waals surface area contributed by atoms with Crippen molar-refractivity contribution in [2.45, 2.75) is 38.1 Å². The number of amides is 1. The smallest absolute Gasteiger partial charge is 0.254 e. The fourth-order valence-electron chi connectivity index (χ4n) is 4.79. The molecule has 0 unspecified atom stereocenters. The molecule has 1 aliphatic rings. The minimum atomic E-state index is 0.0951. The summed E-state index contributed by atoms with van der Waals surface area (Å²) < 4.78 is 0. The molecule has 1 heterocycles. The van der Waals surface area contributed by atoms with Crippen molar-refractivity contribution in [3.05, 3.63) is 90.5 Å². The van der Waals surface area contributed by atoms with Crippen molar-refractivity contribution in [2.75, 3.05) is 7.05 Å². The number of rotatable bonds is 4. The number of aromatic nitrogens is 1. The summed E-state index contributed by atoms with van der Waals surface area (Å²) in [5.74, 6) is 0.0951. The maximum atomic E-state index is 13.6. The van der Waals surface area contributed by atoms with Gasteiger partial charge < -0.3 is 4.90 Å². The van der Waals surface area contributed by atoms with Gasteiger partial charge in [0.2, 0.25) is 0 Å². The first-order valence-corrected chi connectivity index (χ1v) is 11.5. The molecule has 5 rings (SSSR count). The average molecular weight is 421 g/mol. The summed E-state index contributed by atoms with van der Waals surface area (Å²) in [4.78, 5) is 20.4. The predicted molar refractivity (Wildman–Crippen MR) is 132 cm³/mol. The number of pyridine rings is 1. The molecular formula is C29H28N2O. The quantitative estimate of drug-likeness (QED) is 0.357. The van der Waals surface area contributed by atoms with Crippen LogP contribution in [0.2, 0.25) is 0 Å². The molecule has 3 heteroatoms. The third-order valence-corrected chi connectivity index (χ3v) is 6.68. The van der Waals surface area contributed by atoms with Gasteiger partial charge in [0.05, 0.1) is 16.8 Å². The van der Waals surface area contributed by atoms with Crippen LogP contribution in [-0.2, 0) is 0 Å². The van der Waals surface area contributed by atoms with Gasteiger partial charge in [-0.1, -0.05) is 92.1 Å². The van der Waals surface area contributed by atoms with E-state index in [0.29, 0.717) is 6.04 Å². The van der Waals surface area contributed by atoms with Gasteiger partial charge in [0.15, 0.2) is 0 Å². The van der Waals surface area contributed by atoms with E-state index in [1.54, 1.807) is 0 Å². The second-order valence-electron chi connectivity index (χ2n) is 8.72. The minimum absolute atomic E-state index is 0.0951. The number of benzene rings is 3. The van der Waals surface area contributed by atoms with E-state index < -0.39 is 0 Å². The molecular weight excluding hydrogens is 392 g/mol. The zero-order valence-electron chi connectivity index (χ0n) is 18.5. The fourth-order valence-corrected chi connectivity index (χ4v) is 4.79. The second-order valence-corrected chi connectivity index (χ2v) is 8.72. The van der Waals surface area contributed by atoms with E-state index in [1.807, 2.05) is 48.3 Å². The Balaban J connectivity index is 1.53. The molecule has 0 radical (unpaired) electrons. The maximum Gasteiger partial charge on any atom is 0.254 e. The molecule has 4 aromatic rings. The predicted octanol–water partition coefficient (Wildman–Crippen LogP) is 6.97. The second kappa shape index (κ2) is 8.96. The number of para-hydroxylation sites is 1. The summed E-state index contributed by atoms with van der Waals surface area (Å²) in [6, 6.07) is 29.1. The SMILES string of the molecule is CN(C(=O)c1cc(-c2ccc(-c3ccccc3)cc2)nc2ccccc12)C1CCCCC1. The van der Waals surface area contributed by atoms with Gasteiger partial charge in [0.1, 0.15) is 0 Å². The van der Waals surface area contributed by atoms with Gasteiger partial charge in [-0.3, -0.25) is 4.79 Å². The van der Waals surface area contributed by atoms with Crippen LogP contribution in [0.5, 0.6) is 0 Å². The van der Waals surface area contributed by atoms with Crippen molar-refractivity contribution in [2.24, 2.45) is 0 Å². The first-order valence-electron chi connectivity index (χ1n) is 11.5. The van der Waals surface area contributed by atoms with E-state index in [-0.39, 0.29) is 5.91 Å². The molecule has 0 bridgehead atoms. The lowest BCUT2D eigenvalue weighted by Gasteiger charge is -2.31. The molecule has 0 N–H and O–H groups in total. The molecule has 0 atom stereocenters. The lowest BCUT2D eigenvalue weighted by molar-refractivity contribution is 0.0698. The summed E-state index contributed by atoms with van der Waals surface area (Å²) in [6.07, 6.45) is 5.88. The lowest BCUT2D eigenvalue weighted by Crippen LogP contribution is -2.38. The maximum absolute atomic E-state index is 13.6. The summed E-state index contributed by atoms with van der Waals surface area (Å²) >= 11 is 0. The summed E-state index contributed by atoms with van der Waals surface area (Å²) in [6.45, 7) is 0. The Bertz CT molecular complexity index is 1230. The van der Waals surface area contributed by atoms with E-state index in [4.69, 9.17) is 4.98 Å². The topological polar surface area (TPSA) is 33.2 Å². The highest BCUT2D eigenvalue weighted by Gasteiger charge is 2.25. The van der Waals surface area contributed by atoms with E-state index in [1.165, 1.54) is 30.4 Å². The van der Waals surface area contributed by atoms with Gasteiger partial charge in [0, 0.05) is 24.0 Å². The third-order valence-electron chi connectivity index (χ3n) is 6.68. The first-order chi connectivity index (χ1) is 15.7. The van der Waals surface area contributed by atoms with Crippen molar-refractivity contribution in [1.82, 2.24) is 9.88 Å². The summed E-state index contributed by atoms with van der Waals surface area (Å²) in [5.41, 5.74) is 5.82. The first kappa shape index (κ1) is 20.4. The number of hydrogen-bond acceptors (Lipinski definition) is 2. The lowest BCUT2D eigenvalue weighted by atomic mass is 9.93. The van der Waals surface area contributed by atoms with Gasteiger partial charge in [-0.05, 0) is 36.1 Å². The molecule has 1 aromatic heterocycles. The van der Waals surface area contributed by atoms with Crippen molar-refractivity contribution < 1.29 is 4.79 Å². The number of carbonyl (C=O) groups excluding carboxylic acids is 1. The van der Waals surface area contributed by atoms with Gasteiger partial charge >= 0.3 is 0 Å². The Hall–Kier alpha value is -3.46. The van der Waals surface area contributed by atoms with Crippen LogP contribution >= 0.6 is 0 Å². The van der Waals surface area contributed by atoms with Crippen molar-refractivity contribution in [3.63, 3.8) is 0 Å². The van der Waals surface area contributed by atoms with E-state index >= 15 is 0 Å². The molecule has 3 nitrogen and oxygen atoms in total. The van der Waals surface area contributed by atoms with Crippen LogP contribution in [0.3, 0.4) is 0 Å². The largest absolute Gasteiger partial charge is 0.339 e. The van der Waals surface area contributed by atoms with Crippen molar-refractivity contribution in [1.29, 1.82) is 0 Å². The van der Waals surface area contributed by atoms with Crippen LogP contribution in [0, 0.1) is 0 Å². The van der Waals surface area contributed by atoms with E-state index in [2.05, 4.69) is 48.5 Å². The van der Waals surface area contributed by atoms with Gasteiger partial charge in [-0.25, -0.2) is 4.98 Å². The zero-order valence-corrected chi connectivity index (χ0v) is 18.5. The fraction of sp³-hybridized carbons (Fsp3) is 0.241. The Morgan fingerprint density at radius 2 is 1.41 bits per heavy atom. The Kier molecular flexibility index (Phi) is 5.72. The summed E-state index contributed by atoms with van der Waals surface area (Å²) in [7, 11) is 1.96. The highest BCUT2D eigenvalue weighted by Crippen LogP contribution is 2.29. The molecule has 1 amide bonds. The molecule has 1 fully saturated rings. The van der Waals surface area contributed by atoms with Crippen molar-refractivity contribution in [3.8, 4) is 22.4 Å². The third kappa shape index (κ3) is 4.03. The molecule has 1 saturated carbocycles. The van der Waals surface area contributed by atoms with Crippen LogP contribution in [0.25, 0.3) is 33.3 Å². The molecule has 0 aliphatic heterocycles. The van der Waals surface area contributed by atoms with Gasteiger partial charge in [-0.2, -0.15) is 0 Å². The Morgan fingerprint density at radius 1 is 0.781 bits per heavy atom. The number of carbonyl (C=O) groups is 1. The molecule has 3 aromatic carbocycles. The molecule has 1 aliphatic carbocycles. The zero-order chi connectivity index (χ0) is 21.9. The summed E-state index contributed by atoms with van der Waals surface area (Å²) in [5, 5.41) is 0.921. The number of fused-ring (bicyclic) bond motifs is 1. The van der Waals surface area contributed by atoms with E-state index in [0.717, 1.165) is 40.6 Å². The minimum Gasteiger partial charge on any atom is -0.339 e. The number of hydrogen-bond donors (Lipinski definition) is 0. The van der Waals surface area contributed by atoms with Crippen LogP contribution in [-0.4, -0.2) is 28.9 Å². The highest BCUT2D eigenvalue weighted by atomic mass is 16.2.